The van der Waals surface area contributed by atoms with E-state index in [0.717, 1.165) is 17.8 Å². The van der Waals surface area contributed by atoms with Gasteiger partial charge in [0.1, 0.15) is 0 Å². The van der Waals surface area contributed by atoms with Crippen LogP contribution < -0.4 is 10.2 Å². The van der Waals surface area contributed by atoms with Crippen molar-refractivity contribution in [2.24, 2.45) is 0 Å². The lowest BCUT2D eigenvalue weighted by Gasteiger charge is -2.23. The fourth-order valence-corrected chi connectivity index (χ4v) is 3.40. The number of carbonyl (C=O) groups is 1. The minimum absolute atomic E-state index is 0.0989. The van der Waals surface area contributed by atoms with Gasteiger partial charge in [-0.3, -0.25) is 4.79 Å². The minimum Gasteiger partial charge on any atom is -0.321 e. The molecule has 2 heterocycles. The van der Waals surface area contributed by atoms with E-state index in [1.807, 2.05) is 42.5 Å². The largest absolute Gasteiger partial charge is 0.321 e. The fraction of sp³-hybridized carbons (Fsp3) is 0.190. The molecule has 130 valence electrons. The van der Waals surface area contributed by atoms with Gasteiger partial charge in [0, 0.05) is 11.7 Å². The first kappa shape index (κ1) is 16.3. The average molecular weight is 344 g/mol. The second-order valence-corrected chi connectivity index (χ2v) is 6.54. The summed E-state index contributed by atoms with van der Waals surface area (Å²) in [6.45, 7) is 2.18. The Bertz CT molecular complexity index is 909. The van der Waals surface area contributed by atoms with Gasteiger partial charge in [0.15, 0.2) is 11.6 Å². The Hall–Kier alpha value is -3.21. The van der Waals surface area contributed by atoms with Crippen LogP contribution >= 0.6 is 0 Å². The number of anilines is 3. The van der Waals surface area contributed by atoms with E-state index in [-0.39, 0.29) is 5.91 Å². The maximum absolute atomic E-state index is 12.1. The van der Waals surface area contributed by atoms with Crippen LogP contribution in [0.5, 0.6) is 0 Å². The summed E-state index contributed by atoms with van der Waals surface area (Å²) in [6.07, 6.45) is 1.31. The van der Waals surface area contributed by atoms with E-state index in [1.165, 1.54) is 11.3 Å². The van der Waals surface area contributed by atoms with Crippen molar-refractivity contribution in [3.05, 3.63) is 77.9 Å². The van der Waals surface area contributed by atoms with Crippen LogP contribution in [0.3, 0.4) is 0 Å². The number of hydrogen-bond donors (Lipinski definition) is 1. The number of rotatable bonds is 4. The quantitative estimate of drug-likeness (QED) is 0.783. The summed E-state index contributed by atoms with van der Waals surface area (Å²) < 4.78 is 0. The lowest BCUT2D eigenvalue weighted by Crippen LogP contribution is -2.25. The zero-order chi connectivity index (χ0) is 17.9. The molecule has 4 rings (SSSR count). The van der Waals surface area contributed by atoms with E-state index in [0.29, 0.717) is 18.3 Å². The third-order valence-corrected chi connectivity index (χ3v) is 4.58. The van der Waals surface area contributed by atoms with Gasteiger partial charge in [-0.05, 0) is 42.7 Å². The highest BCUT2D eigenvalue weighted by molar-refractivity contribution is 5.91. The van der Waals surface area contributed by atoms with Crippen molar-refractivity contribution in [2.75, 3.05) is 10.2 Å². The number of benzene rings is 2. The van der Waals surface area contributed by atoms with Gasteiger partial charge in [-0.25, -0.2) is 0 Å². The number of carbonyl (C=O) groups excluding carboxylic acids is 1. The highest BCUT2D eigenvalue weighted by Gasteiger charge is 2.27. The zero-order valence-electron chi connectivity index (χ0n) is 14.6. The highest BCUT2D eigenvalue weighted by atomic mass is 16.1. The van der Waals surface area contributed by atoms with Crippen LogP contribution in [0.25, 0.3) is 0 Å². The summed E-state index contributed by atoms with van der Waals surface area (Å²) >= 11 is 0. The van der Waals surface area contributed by atoms with E-state index in [1.54, 1.807) is 6.07 Å². The number of hydrogen-bond acceptors (Lipinski definition) is 4. The number of para-hydroxylation sites is 1. The van der Waals surface area contributed by atoms with Crippen LogP contribution in [-0.2, 0) is 17.6 Å². The van der Waals surface area contributed by atoms with Crippen LogP contribution in [0.4, 0.5) is 17.3 Å². The SMILES string of the molecule is CC1Cc2ccccc2N1c1ccc(NC(=O)Cc2ccccc2)nn1. The van der Waals surface area contributed by atoms with Crippen molar-refractivity contribution in [3.63, 3.8) is 0 Å². The van der Waals surface area contributed by atoms with Gasteiger partial charge < -0.3 is 10.2 Å². The number of fused-ring (bicyclic) bond motifs is 1. The number of aromatic nitrogens is 2. The first-order valence-electron chi connectivity index (χ1n) is 8.75. The number of amides is 1. The molecule has 1 unspecified atom stereocenters. The molecule has 0 bridgehead atoms. The molecule has 0 saturated heterocycles. The van der Waals surface area contributed by atoms with E-state index in [9.17, 15) is 4.79 Å². The predicted octanol–water partition coefficient (Wildman–Crippen LogP) is 3.74. The Kier molecular flexibility index (Phi) is 4.35. The molecule has 1 aromatic heterocycles. The Morgan fingerprint density at radius 1 is 1.04 bits per heavy atom. The summed E-state index contributed by atoms with van der Waals surface area (Å²) in [6, 6.07) is 22.0. The number of nitrogens with one attached hydrogen (secondary N) is 1. The molecule has 1 amide bonds. The van der Waals surface area contributed by atoms with Crippen molar-refractivity contribution in [1.82, 2.24) is 10.2 Å². The van der Waals surface area contributed by atoms with Crippen LogP contribution in [0.15, 0.2) is 66.7 Å². The van der Waals surface area contributed by atoms with Crippen LogP contribution in [0, 0.1) is 0 Å². The van der Waals surface area contributed by atoms with Crippen LogP contribution in [0.2, 0.25) is 0 Å². The predicted molar refractivity (Wildman–Crippen MR) is 103 cm³/mol. The van der Waals surface area contributed by atoms with Crippen molar-refractivity contribution >= 4 is 23.2 Å². The van der Waals surface area contributed by atoms with Gasteiger partial charge in [-0.2, -0.15) is 0 Å². The molecule has 0 aliphatic carbocycles. The van der Waals surface area contributed by atoms with E-state index >= 15 is 0 Å². The zero-order valence-corrected chi connectivity index (χ0v) is 14.6. The molecule has 0 saturated carbocycles. The standard InChI is InChI=1S/C21H20N4O/c1-15-13-17-9-5-6-10-18(17)25(15)20-12-11-19(23-24-20)22-21(26)14-16-7-3-2-4-8-16/h2-12,15H,13-14H2,1H3,(H,22,23,26). The Labute approximate surface area is 152 Å². The molecule has 0 spiro atoms. The van der Waals surface area contributed by atoms with Gasteiger partial charge in [0.25, 0.3) is 0 Å². The molecule has 1 N–H and O–H groups in total. The van der Waals surface area contributed by atoms with Gasteiger partial charge in [-0.1, -0.05) is 48.5 Å². The molecule has 0 fully saturated rings. The Balaban J connectivity index is 1.46. The van der Waals surface area contributed by atoms with E-state index in [4.69, 9.17) is 0 Å². The molecule has 1 atom stereocenters. The van der Waals surface area contributed by atoms with E-state index in [2.05, 4.69) is 45.5 Å². The molecule has 1 aliphatic rings. The first-order chi connectivity index (χ1) is 12.7. The lowest BCUT2D eigenvalue weighted by molar-refractivity contribution is -0.115. The van der Waals surface area contributed by atoms with Gasteiger partial charge >= 0.3 is 0 Å². The van der Waals surface area contributed by atoms with Crippen LogP contribution in [-0.4, -0.2) is 22.1 Å². The molecule has 2 aromatic carbocycles. The minimum atomic E-state index is -0.0989. The third-order valence-electron chi connectivity index (χ3n) is 4.58. The molecule has 5 nitrogen and oxygen atoms in total. The monoisotopic (exact) mass is 344 g/mol. The number of nitrogens with zero attached hydrogens (tertiary/aromatic N) is 3. The maximum Gasteiger partial charge on any atom is 0.229 e. The Morgan fingerprint density at radius 2 is 1.81 bits per heavy atom. The van der Waals surface area contributed by atoms with E-state index < -0.39 is 0 Å². The molecular formula is C21H20N4O. The maximum atomic E-state index is 12.1. The van der Waals surface area contributed by atoms with Crippen molar-refractivity contribution in [3.8, 4) is 0 Å². The molecular weight excluding hydrogens is 324 g/mol. The molecule has 0 radical (unpaired) electrons. The normalized spacial score (nSPS) is 15.6. The van der Waals surface area contributed by atoms with Gasteiger partial charge in [-0.15, -0.1) is 10.2 Å². The first-order valence-corrected chi connectivity index (χ1v) is 8.75. The summed E-state index contributed by atoms with van der Waals surface area (Å²) in [4.78, 5) is 14.3. The smallest absolute Gasteiger partial charge is 0.229 e. The van der Waals surface area contributed by atoms with Crippen molar-refractivity contribution in [2.45, 2.75) is 25.8 Å². The van der Waals surface area contributed by atoms with Crippen LogP contribution in [0.1, 0.15) is 18.1 Å². The molecule has 5 heteroatoms. The molecule has 3 aromatic rings. The lowest BCUT2D eigenvalue weighted by atomic mass is 10.1. The second-order valence-electron chi connectivity index (χ2n) is 6.54. The molecule has 26 heavy (non-hydrogen) atoms. The van der Waals surface area contributed by atoms with Gasteiger partial charge in [0.05, 0.1) is 6.42 Å². The summed E-state index contributed by atoms with van der Waals surface area (Å²) in [5, 5.41) is 11.3. The van der Waals surface area contributed by atoms with Crippen molar-refractivity contribution < 1.29 is 4.79 Å². The third kappa shape index (κ3) is 3.28. The second kappa shape index (κ2) is 6.96. The summed E-state index contributed by atoms with van der Waals surface area (Å²) in [5.74, 6) is 1.16. The summed E-state index contributed by atoms with van der Waals surface area (Å²) in [7, 11) is 0. The van der Waals surface area contributed by atoms with Gasteiger partial charge in [0.2, 0.25) is 5.91 Å². The Morgan fingerprint density at radius 3 is 2.58 bits per heavy atom. The topological polar surface area (TPSA) is 58.1 Å². The highest BCUT2D eigenvalue weighted by Crippen LogP contribution is 2.36. The summed E-state index contributed by atoms with van der Waals surface area (Å²) in [5.41, 5.74) is 3.47. The fourth-order valence-electron chi connectivity index (χ4n) is 3.40. The average Bonchev–Trinajstić information content (AvgIpc) is 2.99. The molecule has 1 aliphatic heterocycles. The van der Waals surface area contributed by atoms with Crippen molar-refractivity contribution in [1.29, 1.82) is 0 Å².